The molecule has 0 spiro atoms. The highest BCUT2D eigenvalue weighted by molar-refractivity contribution is 5.16. The molecule has 1 aliphatic rings. The van der Waals surface area contributed by atoms with Crippen molar-refractivity contribution in [3.63, 3.8) is 0 Å². The van der Waals surface area contributed by atoms with Gasteiger partial charge < -0.3 is 5.32 Å². The highest BCUT2D eigenvalue weighted by Crippen LogP contribution is 2.35. The van der Waals surface area contributed by atoms with Crippen LogP contribution in [-0.4, -0.2) is 15.8 Å². The zero-order chi connectivity index (χ0) is 13.2. The molecular weight excluding hydrogens is 222 g/mol. The lowest BCUT2D eigenvalue weighted by Gasteiger charge is -2.34. The van der Waals surface area contributed by atoms with Crippen molar-refractivity contribution < 1.29 is 0 Å². The molecule has 1 aliphatic carbocycles. The smallest absolute Gasteiger partial charge is 0.0666 e. The fourth-order valence-corrected chi connectivity index (χ4v) is 2.89. The van der Waals surface area contributed by atoms with Crippen LogP contribution >= 0.6 is 0 Å². The molecule has 1 aromatic rings. The molecule has 0 unspecified atom stereocenters. The van der Waals surface area contributed by atoms with Gasteiger partial charge in [-0.1, -0.05) is 20.8 Å². The third-order valence-corrected chi connectivity index (χ3v) is 4.25. The molecule has 102 valence electrons. The molecule has 1 N–H and O–H groups in total. The van der Waals surface area contributed by atoms with Gasteiger partial charge in [-0.25, -0.2) is 0 Å². The van der Waals surface area contributed by atoms with E-state index in [2.05, 4.69) is 37.4 Å². The minimum atomic E-state index is 0.557. The molecule has 0 radical (unpaired) electrons. The average molecular weight is 249 g/mol. The van der Waals surface area contributed by atoms with Crippen molar-refractivity contribution in [2.45, 2.75) is 65.5 Å². The van der Waals surface area contributed by atoms with Gasteiger partial charge in [-0.15, -0.1) is 0 Å². The van der Waals surface area contributed by atoms with Gasteiger partial charge in [0.1, 0.15) is 0 Å². The Morgan fingerprint density at radius 1 is 1.39 bits per heavy atom. The van der Waals surface area contributed by atoms with Crippen molar-refractivity contribution in [2.75, 3.05) is 0 Å². The van der Waals surface area contributed by atoms with Crippen LogP contribution in [0, 0.1) is 5.41 Å². The van der Waals surface area contributed by atoms with E-state index in [1.54, 1.807) is 0 Å². The Balaban J connectivity index is 1.85. The molecule has 1 heterocycles. The Morgan fingerprint density at radius 2 is 2.06 bits per heavy atom. The molecule has 2 rings (SSSR count). The van der Waals surface area contributed by atoms with Crippen molar-refractivity contribution in [2.24, 2.45) is 12.5 Å². The summed E-state index contributed by atoms with van der Waals surface area (Å²) in [6, 6.07) is 0.697. The van der Waals surface area contributed by atoms with E-state index in [1.165, 1.54) is 36.9 Å². The zero-order valence-corrected chi connectivity index (χ0v) is 12.3. The van der Waals surface area contributed by atoms with Crippen LogP contribution in [0.5, 0.6) is 0 Å². The van der Waals surface area contributed by atoms with Crippen LogP contribution in [0.2, 0.25) is 0 Å². The van der Waals surface area contributed by atoms with Crippen LogP contribution in [0.15, 0.2) is 6.20 Å². The largest absolute Gasteiger partial charge is 0.310 e. The molecule has 0 saturated heterocycles. The fraction of sp³-hybridized carbons (Fsp3) is 0.800. The van der Waals surface area contributed by atoms with E-state index in [-0.39, 0.29) is 0 Å². The van der Waals surface area contributed by atoms with E-state index in [0.717, 1.165) is 13.0 Å². The van der Waals surface area contributed by atoms with Gasteiger partial charge in [-0.05, 0) is 37.5 Å². The molecule has 1 aromatic heterocycles. The first-order valence-corrected chi connectivity index (χ1v) is 7.25. The molecule has 3 nitrogen and oxygen atoms in total. The number of hydrogen-bond donors (Lipinski definition) is 1. The van der Waals surface area contributed by atoms with Crippen LogP contribution in [0.1, 0.15) is 57.7 Å². The number of nitrogens with zero attached hydrogens (tertiary/aromatic N) is 2. The number of hydrogen-bond acceptors (Lipinski definition) is 2. The lowest BCUT2D eigenvalue weighted by Crippen LogP contribution is -2.35. The van der Waals surface area contributed by atoms with E-state index >= 15 is 0 Å². The number of rotatable bonds is 4. The van der Waals surface area contributed by atoms with Gasteiger partial charge in [0.2, 0.25) is 0 Å². The summed E-state index contributed by atoms with van der Waals surface area (Å²) in [6.07, 6.45) is 8.49. The van der Waals surface area contributed by atoms with Gasteiger partial charge in [0.05, 0.1) is 5.69 Å². The highest BCUT2D eigenvalue weighted by Gasteiger charge is 2.26. The lowest BCUT2D eigenvalue weighted by atomic mass is 9.75. The van der Waals surface area contributed by atoms with Crippen LogP contribution in [0.3, 0.4) is 0 Å². The maximum absolute atomic E-state index is 4.49. The Hall–Kier alpha value is -0.830. The fourth-order valence-electron chi connectivity index (χ4n) is 2.89. The summed E-state index contributed by atoms with van der Waals surface area (Å²) in [5.74, 6) is 0. The molecule has 0 atom stereocenters. The second-order valence-corrected chi connectivity index (χ2v) is 6.45. The van der Waals surface area contributed by atoms with E-state index in [4.69, 9.17) is 0 Å². The third kappa shape index (κ3) is 3.35. The summed E-state index contributed by atoms with van der Waals surface area (Å²) in [5.41, 5.74) is 3.16. The van der Waals surface area contributed by atoms with Gasteiger partial charge in [-0.3, -0.25) is 4.68 Å². The monoisotopic (exact) mass is 249 g/mol. The van der Waals surface area contributed by atoms with Gasteiger partial charge in [0.15, 0.2) is 0 Å². The quantitative estimate of drug-likeness (QED) is 0.889. The molecule has 0 aromatic carbocycles. The van der Waals surface area contributed by atoms with E-state index in [9.17, 15) is 0 Å². The summed E-state index contributed by atoms with van der Waals surface area (Å²) in [7, 11) is 2.01. The summed E-state index contributed by atoms with van der Waals surface area (Å²) in [4.78, 5) is 0. The molecule has 0 bridgehead atoms. The number of nitrogens with one attached hydrogen (secondary N) is 1. The van der Waals surface area contributed by atoms with Crippen molar-refractivity contribution in [3.05, 3.63) is 17.5 Å². The minimum Gasteiger partial charge on any atom is -0.310 e. The Bertz CT molecular complexity index is 382. The Kier molecular flexibility index (Phi) is 4.10. The second-order valence-electron chi connectivity index (χ2n) is 6.45. The summed E-state index contributed by atoms with van der Waals surface area (Å²) in [6.45, 7) is 7.93. The first-order valence-electron chi connectivity index (χ1n) is 7.25. The van der Waals surface area contributed by atoms with Crippen LogP contribution in [0.4, 0.5) is 0 Å². The second kappa shape index (κ2) is 5.43. The Morgan fingerprint density at radius 3 is 2.67 bits per heavy atom. The molecule has 18 heavy (non-hydrogen) atoms. The highest BCUT2D eigenvalue weighted by atomic mass is 15.3. The first kappa shape index (κ1) is 13.6. The molecule has 0 amide bonds. The van der Waals surface area contributed by atoms with Crippen molar-refractivity contribution in [1.29, 1.82) is 0 Å². The van der Waals surface area contributed by atoms with Crippen LogP contribution in [0.25, 0.3) is 0 Å². The number of aryl methyl sites for hydroxylation is 2. The molecule has 1 fully saturated rings. The van der Waals surface area contributed by atoms with Crippen molar-refractivity contribution in [3.8, 4) is 0 Å². The molecule has 0 aliphatic heterocycles. The third-order valence-electron chi connectivity index (χ3n) is 4.25. The van der Waals surface area contributed by atoms with Crippen molar-refractivity contribution in [1.82, 2.24) is 15.1 Å². The predicted octanol–water partition coefficient (Wildman–Crippen LogP) is 3.04. The molecule has 1 saturated carbocycles. The molecule has 3 heteroatoms. The van der Waals surface area contributed by atoms with Gasteiger partial charge >= 0.3 is 0 Å². The SMILES string of the molecule is CCc1nn(C)cc1CNC1CCC(C)(C)CC1. The standard InChI is InChI=1S/C15H27N3/c1-5-14-12(11-18(4)17-14)10-16-13-6-8-15(2,3)9-7-13/h11,13,16H,5-10H2,1-4H3. The van der Waals surface area contributed by atoms with Crippen LogP contribution < -0.4 is 5.32 Å². The van der Waals surface area contributed by atoms with Crippen LogP contribution in [-0.2, 0) is 20.0 Å². The van der Waals surface area contributed by atoms with E-state index in [0.29, 0.717) is 11.5 Å². The minimum absolute atomic E-state index is 0.557. The van der Waals surface area contributed by atoms with Gasteiger partial charge in [-0.2, -0.15) is 5.10 Å². The number of aromatic nitrogens is 2. The summed E-state index contributed by atoms with van der Waals surface area (Å²) < 4.78 is 1.93. The summed E-state index contributed by atoms with van der Waals surface area (Å²) in [5, 5.41) is 8.20. The molecular formula is C15H27N3. The maximum Gasteiger partial charge on any atom is 0.0666 e. The first-order chi connectivity index (χ1) is 8.50. The summed E-state index contributed by atoms with van der Waals surface area (Å²) >= 11 is 0. The Labute approximate surface area is 111 Å². The predicted molar refractivity (Wildman–Crippen MR) is 75.5 cm³/mol. The normalized spacial score (nSPS) is 20.2. The van der Waals surface area contributed by atoms with Gasteiger partial charge in [0, 0.05) is 31.4 Å². The lowest BCUT2D eigenvalue weighted by molar-refractivity contribution is 0.206. The van der Waals surface area contributed by atoms with Gasteiger partial charge in [0.25, 0.3) is 0 Å². The maximum atomic E-state index is 4.49. The van der Waals surface area contributed by atoms with Crippen molar-refractivity contribution >= 4 is 0 Å². The average Bonchev–Trinajstić information content (AvgIpc) is 2.68. The van der Waals surface area contributed by atoms with E-state index in [1.807, 2.05) is 11.7 Å². The van der Waals surface area contributed by atoms with E-state index < -0.39 is 0 Å². The topological polar surface area (TPSA) is 29.9 Å². The zero-order valence-electron chi connectivity index (χ0n) is 12.3.